The van der Waals surface area contributed by atoms with Crippen molar-refractivity contribution in [1.82, 2.24) is 4.90 Å². The van der Waals surface area contributed by atoms with Crippen molar-refractivity contribution in [2.75, 3.05) is 13.1 Å². The van der Waals surface area contributed by atoms with E-state index in [9.17, 15) is 9.59 Å². The molecule has 0 aromatic heterocycles. The van der Waals surface area contributed by atoms with Gasteiger partial charge in [0.2, 0.25) is 5.91 Å². The molecule has 1 aliphatic rings. The first-order valence-electron chi connectivity index (χ1n) is 6.82. The van der Waals surface area contributed by atoms with Gasteiger partial charge in [-0.25, -0.2) is 0 Å². The first-order valence-corrected chi connectivity index (χ1v) is 8.08. The average Bonchev–Trinajstić information content (AvgIpc) is 2.82. The van der Waals surface area contributed by atoms with Crippen LogP contribution in [0.15, 0.2) is 29.2 Å². The zero-order chi connectivity index (χ0) is 15.6. The topological polar surface area (TPSA) is 57.6 Å². The number of likely N-dealkylation sites (tertiary alicyclic amines) is 1. The van der Waals surface area contributed by atoms with Crippen LogP contribution in [0.2, 0.25) is 5.02 Å². The third kappa shape index (κ3) is 3.92. The number of carbonyl (C=O) groups excluding carboxylic acids is 1. The summed E-state index contributed by atoms with van der Waals surface area (Å²) in [4.78, 5) is 26.2. The van der Waals surface area contributed by atoms with Crippen molar-refractivity contribution in [3.8, 4) is 0 Å². The van der Waals surface area contributed by atoms with Crippen LogP contribution in [0.3, 0.4) is 0 Å². The van der Waals surface area contributed by atoms with Crippen LogP contribution in [0.4, 0.5) is 0 Å². The molecule has 1 heterocycles. The number of hydrogen-bond donors (Lipinski definition) is 1. The molecule has 1 aromatic carbocycles. The molecule has 114 valence electrons. The first-order chi connectivity index (χ1) is 9.88. The first kappa shape index (κ1) is 16.2. The van der Waals surface area contributed by atoms with Gasteiger partial charge in [-0.15, -0.1) is 11.8 Å². The lowest BCUT2D eigenvalue weighted by Crippen LogP contribution is -2.35. The van der Waals surface area contributed by atoms with Crippen LogP contribution in [0.25, 0.3) is 0 Å². The molecule has 0 bridgehead atoms. The van der Waals surface area contributed by atoms with Crippen LogP contribution in [0.5, 0.6) is 0 Å². The molecule has 0 saturated carbocycles. The van der Waals surface area contributed by atoms with Crippen LogP contribution in [-0.4, -0.2) is 40.2 Å². The monoisotopic (exact) mass is 327 g/mol. The lowest BCUT2D eigenvalue weighted by Gasteiger charge is -2.20. The SMILES string of the molecule is CC(Sc1ccc(Cl)cc1)C(=O)N1C[C@@H](C)[C@H](C(=O)O)C1. The van der Waals surface area contributed by atoms with Crippen LogP contribution in [0, 0.1) is 11.8 Å². The summed E-state index contributed by atoms with van der Waals surface area (Å²) in [6, 6.07) is 7.34. The second-order valence-electron chi connectivity index (χ2n) is 5.38. The van der Waals surface area contributed by atoms with Crippen molar-refractivity contribution in [3.05, 3.63) is 29.3 Å². The molecule has 1 unspecified atom stereocenters. The van der Waals surface area contributed by atoms with Gasteiger partial charge in [-0.1, -0.05) is 18.5 Å². The predicted molar refractivity (Wildman–Crippen MR) is 83.6 cm³/mol. The number of nitrogens with zero attached hydrogens (tertiary/aromatic N) is 1. The number of aliphatic carboxylic acids is 1. The van der Waals surface area contributed by atoms with E-state index in [1.807, 2.05) is 26.0 Å². The second-order valence-corrected chi connectivity index (χ2v) is 7.23. The lowest BCUT2D eigenvalue weighted by atomic mass is 9.99. The van der Waals surface area contributed by atoms with E-state index in [2.05, 4.69) is 0 Å². The second kappa shape index (κ2) is 6.71. The van der Waals surface area contributed by atoms with Gasteiger partial charge < -0.3 is 10.0 Å². The Morgan fingerprint density at radius 3 is 2.48 bits per heavy atom. The van der Waals surface area contributed by atoms with Gasteiger partial charge in [0.15, 0.2) is 0 Å². The number of thioether (sulfide) groups is 1. The minimum absolute atomic E-state index is 0.000758. The highest BCUT2D eigenvalue weighted by molar-refractivity contribution is 8.00. The molecule has 21 heavy (non-hydrogen) atoms. The van der Waals surface area contributed by atoms with Crippen molar-refractivity contribution in [3.63, 3.8) is 0 Å². The summed E-state index contributed by atoms with van der Waals surface area (Å²) in [6.07, 6.45) is 0. The standard InChI is InChI=1S/C15H18ClNO3S/c1-9-7-17(8-13(9)15(19)20)14(18)10(2)21-12-5-3-11(16)4-6-12/h3-6,9-10,13H,7-8H2,1-2H3,(H,19,20)/t9-,10?,13-/m1/s1. The molecule has 3 atom stereocenters. The van der Waals surface area contributed by atoms with Crippen molar-refractivity contribution in [1.29, 1.82) is 0 Å². The highest BCUT2D eigenvalue weighted by atomic mass is 35.5. The van der Waals surface area contributed by atoms with Gasteiger partial charge in [-0.2, -0.15) is 0 Å². The predicted octanol–water partition coefficient (Wildman–Crippen LogP) is 3.00. The third-order valence-corrected chi connectivity index (χ3v) is 5.07. The smallest absolute Gasteiger partial charge is 0.308 e. The van der Waals surface area contributed by atoms with Crippen molar-refractivity contribution in [2.45, 2.75) is 24.0 Å². The fourth-order valence-electron chi connectivity index (χ4n) is 2.49. The molecule has 0 spiro atoms. The van der Waals surface area contributed by atoms with E-state index >= 15 is 0 Å². The van der Waals surface area contributed by atoms with Crippen LogP contribution in [0.1, 0.15) is 13.8 Å². The van der Waals surface area contributed by atoms with Gasteiger partial charge in [0.05, 0.1) is 11.2 Å². The van der Waals surface area contributed by atoms with Gasteiger partial charge in [-0.3, -0.25) is 9.59 Å². The van der Waals surface area contributed by atoms with E-state index in [1.165, 1.54) is 11.8 Å². The van der Waals surface area contributed by atoms with Gasteiger partial charge in [0.25, 0.3) is 0 Å². The molecule has 1 saturated heterocycles. The minimum Gasteiger partial charge on any atom is -0.481 e. The molecule has 1 N–H and O–H groups in total. The Kier molecular flexibility index (Phi) is 5.17. The Morgan fingerprint density at radius 1 is 1.33 bits per heavy atom. The molecule has 6 heteroatoms. The van der Waals surface area contributed by atoms with Crippen LogP contribution >= 0.6 is 23.4 Å². The minimum atomic E-state index is -0.823. The fraction of sp³-hybridized carbons (Fsp3) is 0.467. The average molecular weight is 328 g/mol. The Balaban J connectivity index is 1.97. The number of carbonyl (C=O) groups is 2. The molecular weight excluding hydrogens is 310 g/mol. The summed E-state index contributed by atoms with van der Waals surface area (Å²) >= 11 is 7.30. The molecule has 1 aromatic rings. The fourth-order valence-corrected chi connectivity index (χ4v) is 3.57. The Bertz CT molecular complexity index is 534. The van der Waals surface area contributed by atoms with Crippen molar-refractivity contribution in [2.24, 2.45) is 11.8 Å². The summed E-state index contributed by atoms with van der Waals surface area (Å²) in [7, 11) is 0. The molecule has 1 amide bonds. The number of rotatable bonds is 4. The normalized spacial score (nSPS) is 23.1. The number of hydrogen-bond acceptors (Lipinski definition) is 3. The zero-order valence-electron chi connectivity index (χ0n) is 12.0. The van der Waals surface area contributed by atoms with Gasteiger partial charge in [0.1, 0.15) is 0 Å². The molecule has 0 aliphatic carbocycles. The van der Waals surface area contributed by atoms with Crippen LogP contribution in [-0.2, 0) is 9.59 Å². The van der Waals surface area contributed by atoms with Gasteiger partial charge in [0, 0.05) is 23.0 Å². The molecule has 1 fully saturated rings. The van der Waals surface area contributed by atoms with Gasteiger partial charge in [-0.05, 0) is 37.1 Å². The highest BCUT2D eigenvalue weighted by Crippen LogP contribution is 2.29. The largest absolute Gasteiger partial charge is 0.481 e. The number of carboxylic acids is 1. The summed E-state index contributed by atoms with van der Waals surface area (Å²) in [5, 5.41) is 9.55. The number of benzene rings is 1. The number of amides is 1. The summed E-state index contributed by atoms with van der Waals surface area (Å²) < 4.78 is 0. The van der Waals surface area contributed by atoms with Crippen molar-refractivity contribution < 1.29 is 14.7 Å². The summed E-state index contributed by atoms with van der Waals surface area (Å²) in [5.74, 6) is -1.29. The van der Waals surface area contributed by atoms with Crippen molar-refractivity contribution >= 4 is 35.2 Å². The zero-order valence-corrected chi connectivity index (χ0v) is 13.5. The van der Waals surface area contributed by atoms with E-state index in [-0.39, 0.29) is 17.1 Å². The molecule has 1 aliphatic heterocycles. The molecule has 0 radical (unpaired) electrons. The molecular formula is C15H18ClNO3S. The van der Waals surface area contributed by atoms with E-state index in [0.717, 1.165) is 4.90 Å². The quantitative estimate of drug-likeness (QED) is 0.864. The highest BCUT2D eigenvalue weighted by Gasteiger charge is 2.38. The molecule has 2 rings (SSSR count). The van der Waals surface area contributed by atoms with E-state index in [1.54, 1.807) is 17.0 Å². The Morgan fingerprint density at radius 2 is 1.95 bits per heavy atom. The molecule has 4 nitrogen and oxygen atoms in total. The van der Waals surface area contributed by atoms with Crippen LogP contribution < -0.4 is 0 Å². The van der Waals surface area contributed by atoms with E-state index in [4.69, 9.17) is 16.7 Å². The third-order valence-electron chi connectivity index (χ3n) is 3.72. The maximum absolute atomic E-state index is 12.4. The van der Waals surface area contributed by atoms with Gasteiger partial charge >= 0.3 is 5.97 Å². The summed E-state index contributed by atoms with van der Waals surface area (Å²) in [5.41, 5.74) is 0. The Labute approximate surface area is 133 Å². The van der Waals surface area contributed by atoms with E-state index < -0.39 is 11.9 Å². The van der Waals surface area contributed by atoms with E-state index in [0.29, 0.717) is 18.1 Å². The Hall–Kier alpha value is -1.20. The lowest BCUT2D eigenvalue weighted by molar-refractivity contribution is -0.142. The maximum Gasteiger partial charge on any atom is 0.308 e. The summed E-state index contributed by atoms with van der Waals surface area (Å²) in [6.45, 7) is 4.55. The number of halogens is 1. The maximum atomic E-state index is 12.4. The number of carboxylic acid groups (broad SMARTS) is 1.